The Labute approximate surface area is 66.0 Å². The van der Waals surface area contributed by atoms with Gasteiger partial charge in [0.2, 0.25) is 0 Å². The Hall–Kier alpha value is -0.0200. The second kappa shape index (κ2) is 3.39. The van der Waals surface area contributed by atoms with Crippen LogP contribution in [0.4, 0.5) is 0 Å². The van der Waals surface area contributed by atoms with Crippen molar-refractivity contribution in [3.8, 4) is 0 Å². The van der Waals surface area contributed by atoms with Gasteiger partial charge >= 0.3 is 0 Å². The third-order valence-electron chi connectivity index (χ3n) is 2.06. The Balaban J connectivity index is 2.33. The lowest BCUT2D eigenvalue weighted by molar-refractivity contribution is -0.112. The summed E-state index contributed by atoms with van der Waals surface area (Å²) in [7, 11) is 0. The van der Waals surface area contributed by atoms with E-state index in [1.807, 2.05) is 0 Å². The summed E-state index contributed by atoms with van der Waals surface area (Å²) in [6.07, 6.45) is 3.06. The monoisotopic (exact) mass is 160 g/mol. The van der Waals surface area contributed by atoms with E-state index in [-0.39, 0.29) is 17.1 Å². The van der Waals surface area contributed by atoms with E-state index in [1.165, 1.54) is 0 Å². The van der Waals surface area contributed by atoms with Crippen LogP contribution >= 0.6 is 12.6 Å². The van der Waals surface area contributed by atoms with Crippen molar-refractivity contribution in [2.75, 3.05) is 0 Å². The molecule has 0 aliphatic heterocycles. The number of hydrogen-bond donors (Lipinski definition) is 2. The average molecular weight is 160 g/mol. The highest BCUT2D eigenvalue weighted by atomic mass is 32.1. The maximum atomic E-state index is 10.5. The van der Waals surface area contributed by atoms with Crippen molar-refractivity contribution < 1.29 is 9.90 Å². The SMILES string of the molecule is O=C(S)C[C@@H]1CCC[C@H]1O. The Bertz CT molecular complexity index is 136. The minimum Gasteiger partial charge on any atom is -0.393 e. The van der Waals surface area contributed by atoms with E-state index in [0.717, 1.165) is 19.3 Å². The van der Waals surface area contributed by atoms with E-state index in [9.17, 15) is 9.90 Å². The summed E-state index contributed by atoms with van der Waals surface area (Å²) in [6, 6.07) is 0. The molecule has 1 rings (SSSR count). The van der Waals surface area contributed by atoms with Crippen molar-refractivity contribution >= 4 is 17.7 Å². The number of thiol groups is 1. The predicted octanol–water partition coefficient (Wildman–Crippen LogP) is 0.994. The van der Waals surface area contributed by atoms with Crippen molar-refractivity contribution in [3.63, 3.8) is 0 Å². The summed E-state index contributed by atoms with van der Waals surface area (Å²) in [4.78, 5) is 10.5. The molecule has 0 saturated heterocycles. The molecule has 0 bridgehead atoms. The first kappa shape index (κ1) is 8.08. The van der Waals surface area contributed by atoms with E-state index in [1.54, 1.807) is 0 Å². The molecule has 1 aliphatic carbocycles. The molecule has 0 unspecified atom stereocenters. The zero-order valence-corrected chi connectivity index (χ0v) is 6.68. The molecule has 0 heterocycles. The molecule has 1 aliphatic rings. The van der Waals surface area contributed by atoms with E-state index >= 15 is 0 Å². The Morgan fingerprint density at radius 2 is 2.30 bits per heavy atom. The maximum absolute atomic E-state index is 10.5. The maximum Gasteiger partial charge on any atom is 0.186 e. The molecular formula is C7H12O2S. The van der Waals surface area contributed by atoms with Gasteiger partial charge in [0.15, 0.2) is 5.12 Å². The molecule has 1 fully saturated rings. The lowest BCUT2D eigenvalue weighted by Gasteiger charge is -2.10. The largest absolute Gasteiger partial charge is 0.393 e. The molecule has 0 amide bonds. The Kier molecular flexibility index (Phi) is 2.74. The molecule has 2 atom stereocenters. The van der Waals surface area contributed by atoms with Crippen molar-refractivity contribution in [1.82, 2.24) is 0 Å². The first-order chi connectivity index (χ1) is 4.70. The zero-order valence-electron chi connectivity index (χ0n) is 5.79. The molecular weight excluding hydrogens is 148 g/mol. The fraction of sp³-hybridized carbons (Fsp3) is 0.857. The molecule has 0 aromatic heterocycles. The van der Waals surface area contributed by atoms with Crippen LogP contribution in [-0.2, 0) is 4.79 Å². The molecule has 0 aromatic carbocycles. The van der Waals surface area contributed by atoms with E-state index in [2.05, 4.69) is 12.6 Å². The summed E-state index contributed by atoms with van der Waals surface area (Å²) in [5, 5.41) is 9.15. The zero-order chi connectivity index (χ0) is 7.56. The van der Waals surface area contributed by atoms with Gasteiger partial charge in [-0.1, -0.05) is 6.42 Å². The number of carbonyl (C=O) groups is 1. The summed E-state index contributed by atoms with van der Waals surface area (Å²) in [5.74, 6) is 0.185. The van der Waals surface area contributed by atoms with Gasteiger partial charge in [-0.3, -0.25) is 4.79 Å². The fourth-order valence-electron chi connectivity index (χ4n) is 1.48. The first-order valence-corrected chi connectivity index (χ1v) is 4.04. The van der Waals surface area contributed by atoms with Crippen molar-refractivity contribution in [2.45, 2.75) is 31.8 Å². The standard InChI is InChI=1S/C7H12O2S/c8-6-3-1-2-5(6)4-7(9)10/h5-6,8H,1-4H2,(H,9,10)/t5-,6+/m0/s1. The number of aliphatic hydroxyl groups is 1. The van der Waals surface area contributed by atoms with Gasteiger partial charge in [0, 0.05) is 6.42 Å². The second-order valence-corrected chi connectivity index (χ2v) is 3.35. The van der Waals surface area contributed by atoms with Gasteiger partial charge in [0.05, 0.1) is 6.10 Å². The van der Waals surface area contributed by atoms with Gasteiger partial charge in [0.1, 0.15) is 0 Å². The quantitative estimate of drug-likeness (QED) is 0.591. The van der Waals surface area contributed by atoms with Crippen LogP contribution < -0.4 is 0 Å². The Morgan fingerprint density at radius 1 is 1.60 bits per heavy atom. The smallest absolute Gasteiger partial charge is 0.186 e. The van der Waals surface area contributed by atoms with Crippen LogP contribution in [-0.4, -0.2) is 16.3 Å². The van der Waals surface area contributed by atoms with E-state index in [0.29, 0.717) is 6.42 Å². The van der Waals surface area contributed by atoms with Crippen LogP contribution in [0.5, 0.6) is 0 Å². The first-order valence-electron chi connectivity index (χ1n) is 3.60. The molecule has 3 heteroatoms. The van der Waals surface area contributed by atoms with Crippen molar-refractivity contribution in [2.24, 2.45) is 5.92 Å². The van der Waals surface area contributed by atoms with E-state index < -0.39 is 0 Å². The average Bonchev–Trinajstić information content (AvgIpc) is 2.15. The third kappa shape index (κ3) is 1.99. The number of carbonyl (C=O) groups excluding carboxylic acids is 1. The molecule has 0 spiro atoms. The lowest BCUT2D eigenvalue weighted by Crippen LogP contribution is -2.14. The topological polar surface area (TPSA) is 37.3 Å². The minimum absolute atomic E-state index is 0.106. The van der Waals surface area contributed by atoms with Crippen LogP contribution in [0.2, 0.25) is 0 Å². The summed E-state index contributed by atoms with van der Waals surface area (Å²) in [6.45, 7) is 0. The molecule has 58 valence electrons. The molecule has 0 aromatic rings. The normalized spacial score (nSPS) is 32.6. The predicted molar refractivity (Wildman–Crippen MR) is 42.0 cm³/mol. The van der Waals surface area contributed by atoms with Crippen LogP contribution in [0.3, 0.4) is 0 Å². The van der Waals surface area contributed by atoms with Gasteiger partial charge in [-0.25, -0.2) is 0 Å². The van der Waals surface area contributed by atoms with Gasteiger partial charge in [-0.05, 0) is 18.8 Å². The molecule has 2 nitrogen and oxygen atoms in total. The van der Waals surface area contributed by atoms with Crippen LogP contribution in [0.25, 0.3) is 0 Å². The van der Waals surface area contributed by atoms with Crippen LogP contribution in [0.15, 0.2) is 0 Å². The molecule has 1 N–H and O–H groups in total. The second-order valence-electron chi connectivity index (χ2n) is 2.86. The van der Waals surface area contributed by atoms with Crippen molar-refractivity contribution in [1.29, 1.82) is 0 Å². The highest BCUT2D eigenvalue weighted by Crippen LogP contribution is 2.28. The van der Waals surface area contributed by atoms with Crippen LogP contribution in [0, 0.1) is 5.92 Å². The van der Waals surface area contributed by atoms with Gasteiger partial charge < -0.3 is 5.11 Å². The van der Waals surface area contributed by atoms with Crippen LogP contribution in [0.1, 0.15) is 25.7 Å². The van der Waals surface area contributed by atoms with Crippen molar-refractivity contribution in [3.05, 3.63) is 0 Å². The fourth-order valence-corrected chi connectivity index (χ4v) is 1.71. The highest BCUT2D eigenvalue weighted by Gasteiger charge is 2.25. The lowest BCUT2D eigenvalue weighted by atomic mass is 10.0. The summed E-state index contributed by atoms with van der Waals surface area (Å²) >= 11 is 3.66. The van der Waals surface area contributed by atoms with E-state index in [4.69, 9.17) is 0 Å². The number of rotatable bonds is 2. The summed E-state index contributed by atoms with van der Waals surface area (Å²) < 4.78 is 0. The number of aliphatic hydroxyl groups excluding tert-OH is 1. The molecule has 10 heavy (non-hydrogen) atoms. The van der Waals surface area contributed by atoms with Gasteiger partial charge in [-0.2, -0.15) is 0 Å². The van der Waals surface area contributed by atoms with Gasteiger partial charge in [0.25, 0.3) is 0 Å². The minimum atomic E-state index is -0.254. The van der Waals surface area contributed by atoms with Gasteiger partial charge in [-0.15, -0.1) is 12.6 Å². The third-order valence-corrected chi connectivity index (χ3v) is 2.24. The molecule has 1 saturated carbocycles. The summed E-state index contributed by atoms with van der Waals surface area (Å²) in [5.41, 5.74) is 0. The Morgan fingerprint density at radius 3 is 2.70 bits per heavy atom. The number of hydrogen-bond acceptors (Lipinski definition) is 2. The molecule has 0 radical (unpaired) electrons. The highest BCUT2D eigenvalue weighted by molar-refractivity contribution is 7.96.